The van der Waals surface area contributed by atoms with Gasteiger partial charge >= 0.3 is 0 Å². The Kier molecular flexibility index (Phi) is 7.12. The number of nitrogens with zero attached hydrogens (tertiary/aromatic N) is 1. The van der Waals surface area contributed by atoms with E-state index in [9.17, 15) is 9.59 Å². The van der Waals surface area contributed by atoms with Gasteiger partial charge in [-0.15, -0.1) is 0 Å². The molecule has 0 unspecified atom stereocenters. The van der Waals surface area contributed by atoms with Crippen LogP contribution >= 0.6 is 23.4 Å². The molecule has 2 N–H and O–H groups in total. The van der Waals surface area contributed by atoms with E-state index in [0.29, 0.717) is 32.2 Å². The predicted octanol–water partition coefficient (Wildman–Crippen LogP) is 5.56. The van der Waals surface area contributed by atoms with Crippen LogP contribution in [0.25, 0.3) is 6.08 Å². The fraction of sp³-hybridized carbons (Fsp3) is 0.0800. The molecule has 33 heavy (non-hydrogen) atoms. The van der Waals surface area contributed by atoms with Crippen LogP contribution < -0.4 is 15.4 Å². The van der Waals surface area contributed by atoms with E-state index in [1.807, 2.05) is 37.3 Å². The maximum absolute atomic E-state index is 12.3. The number of aliphatic imine (C=N–C) groups is 1. The van der Waals surface area contributed by atoms with E-state index in [2.05, 4.69) is 15.6 Å². The molecule has 0 radical (unpaired) electrons. The third-order valence-corrected chi connectivity index (χ3v) is 5.73. The third kappa shape index (κ3) is 6.47. The number of rotatable bonds is 6. The van der Waals surface area contributed by atoms with Gasteiger partial charge in [-0.3, -0.25) is 9.59 Å². The average molecular weight is 478 g/mol. The van der Waals surface area contributed by atoms with Crippen molar-refractivity contribution in [1.82, 2.24) is 5.32 Å². The molecule has 0 aliphatic carbocycles. The molecular formula is C25H20ClN3O3S. The standard InChI is InChI=1S/C25H20ClN3O3S/c1-16-5-9-19(10-6-16)27-23(30)15-32-21-4-2-3-17(13-21)14-22-24(31)29-25(33-22)28-20-11-7-18(26)8-12-20/h2-14H,15H2,1H3,(H,27,30)(H,28,29,31)/b22-14-. The highest BCUT2D eigenvalue weighted by atomic mass is 35.5. The second-order valence-electron chi connectivity index (χ2n) is 7.23. The van der Waals surface area contributed by atoms with Gasteiger partial charge in [-0.05, 0) is 78.9 Å². The number of hydrogen-bond acceptors (Lipinski definition) is 5. The van der Waals surface area contributed by atoms with Crippen LogP contribution in [0.1, 0.15) is 11.1 Å². The summed E-state index contributed by atoms with van der Waals surface area (Å²) in [4.78, 5) is 29.4. The summed E-state index contributed by atoms with van der Waals surface area (Å²) in [6.45, 7) is 1.86. The highest BCUT2D eigenvalue weighted by molar-refractivity contribution is 8.18. The zero-order chi connectivity index (χ0) is 23.2. The van der Waals surface area contributed by atoms with Crippen molar-refractivity contribution in [3.05, 3.63) is 93.9 Å². The lowest BCUT2D eigenvalue weighted by molar-refractivity contribution is -0.118. The highest BCUT2D eigenvalue weighted by Crippen LogP contribution is 2.29. The lowest BCUT2D eigenvalue weighted by atomic mass is 10.2. The summed E-state index contributed by atoms with van der Waals surface area (Å²) in [6.07, 6.45) is 1.75. The first-order valence-electron chi connectivity index (χ1n) is 10.1. The minimum absolute atomic E-state index is 0.124. The van der Waals surface area contributed by atoms with Crippen LogP contribution in [-0.4, -0.2) is 23.6 Å². The molecule has 8 heteroatoms. The Balaban J connectivity index is 1.38. The number of amides is 2. The van der Waals surface area contributed by atoms with Crippen molar-refractivity contribution in [3.8, 4) is 5.75 Å². The normalized spacial score (nSPS) is 15.5. The first-order valence-corrected chi connectivity index (χ1v) is 11.3. The number of nitrogens with one attached hydrogen (secondary N) is 2. The molecule has 2 amide bonds. The summed E-state index contributed by atoms with van der Waals surface area (Å²) in [7, 11) is 0. The number of carbonyl (C=O) groups excluding carboxylic acids is 2. The average Bonchev–Trinajstić information content (AvgIpc) is 3.14. The number of anilines is 1. The molecule has 1 heterocycles. The second kappa shape index (κ2) is 10.4. The van der Waals surface area contributed by atoms with Gasteiger partial charge in [0.15, 0.2) is 11.8 Å². The maximum atomic E-state index is 12.3. The molecule has 3 aromatic rings. The number of carbonyl (C=O) groups is 2. The molecule has 0 saturated carbocycles. The molecule has 4 rings (SSSR count). The number of halogens is 1. The largest absolute Gasteiger partial charge is 0.484 e. The topological polar surface area (TPSA) is 79.8 Å². The summed E-state index contributed by atoms with van der Waals surface area (Å²) < 4.78 is 5.62. The summed E-state index contributed by atoms with van der Waals surface area (Å²) >= 11 is 7.15. The molecule has 0 spiro atoms. The van der Waals surface area contributed by atoms with Gasteiger partial charge < -0.3 is 15.4 Å². The van der Waals surface area contributed by atoms with E-state index >= 15 is 0 Å². The van der Waals surface area contributed by atoms with Crippen molar-refractivity contribution in [2.45, 2.75) is 6.92 Å². The SMILES string of the molecule is Cc1ccc(NC(=O)COc2cccc(/C=C3\SC(=Nc4ccc(Cl)cc4)NC3=O)c2)cc1. The van der Waals surface area contributed by atoms with Crippen LogP contribution in [-0.2, 0) is 9.59 Å². The molecule has 0 atom stereocenters. The zero-order valence-electron chi connectivity index (χ0n) is 17.7. The molecule has 166 valence electrons. The van der Waals surface area contributed by atoms with Crippen LogP contribution in [0.4, 0.5) is 11.4 Å². The van der Waals surface area contributed by atoms with E-state index in [0.717, 1.165) is 11.1 Å². The van der Waals surface area contributed by atoms with Gasteiger partial charge in [0.2, 0.25) is 0 Å². The van der Waals surface area contributed by atoms with Crippen LogP contribution in [0.3, 0.4) is 0 Å². The van der Waals surface area contributed by atoms with Gasteiger partial charge in [0, 0.05) is 10.7 Å². The van der Waals surface area contributed by atoms with E-state index in [4.69, 9.17) is 16.3 Å². The van der Waals surface area contributed by atoms with E-state index < -0.39 is 0 Å². The van der Waals surface area contributed by atoms with Gasteiger partial charge in [-0.2, -0.15) is 0 Å². The Morgan fingerprint density at radius 3 is 2.64 bits per heavy atom. The molecule has 1 saturated heterocycles. The van der Waals surface area contributed by atoms with Gasteiger partial charge in [0.05, 0.1) is 10.6 Å². The van der Waals surface area contributed by atoms with Crippen LogP contribution in [0.5, 0.6) is 5.75 Å². The van der Waals surface area contributed by atoms with Crippen LogP contribution in [0, 0.1) is 6.92 Å². The molecule has 0 aromatic heterocycles. The van der Waals surface area contributed by atoms with E-state index in [-0.39, 0.29) is 18.4 Å². The quantitative estimate of drug-likeness (QED) is 0.456. The molecule has 1 aliphatic heterocycles. The van der Waals surface area contributed by atoms with Crippen LogP contribution in [0.15, 0.2) is 82.7 Å². The maximum Gasteiger partial charge on any atom is 0.264 e. The Bertz CT molecular complexity index is 1240. The van der Waals surface area contributed by atoms with Gasteiger partial charge in [-0.1, -0.05) is 41.4 Å². The van der Waals surface area contributed by atoms with Crippen molar-refractivity contribution in [2.24, 2.45) is 4.99 Å². The molecule has 1 fully saturated rings. The summed E-state index contributed by atoms with van der Waals surface area (Å²) in [6, 6.07) is 21.8. The molecule has 1 aliphatic rings. The molecule has 0 bridgehead atoms. The summed E-state index contributed by atoms with van der Waals surface area (Å²) in [5.74, 6) is 0.0507. The minimum Gasteiger partial charge on any atom is -0.484 e. The van der Waals surface area contributed by atoms with Gasteiger partial charge in [-0.25, -0.2) is 4.99 Å². The molecule has 6 nitrogen and oxygen atoms in total. The Hall–Kier alpha value is -3.55. The minimum atomic E-state index is -0.253. The Morgan fingerprint density at radius 1 is 1.12 bits per heavy atom. The predicted molar refractivity (Wildman–Crippen MR) is 134 cm³/mol. The monoisotopic (exact) mass is 477 g/mol. The van der Waals surface area contributed by atoms with Crippen molar-refractivity contribution in [3.63, 3.8) is 0 Å². The number of benzene rings is 3. The van der Waals surface area contributed by atoms with Crippen molar-refractivity contribution in [2.75, 3.05) is 11.9 Å². The van der Waals surface area contributed by atoms with Crippen molar-refractivity contribution >= 4 is 57.8 Å². The van der Waals surface area contributed by atoms with E-state index in [1.54, 1.807) is 48.5 Å². The summed E-state index contributed by atoms with van der Waals surface area (Å²) in [5, 5.41) is 6.67. The Morgan fingerprint density at radius 2 is 1.88 bits per heavy atom. The first-order chi connectivity index (χ1) is 15.9. The smallest absolute Gasteiger partial charge is 0.264 e. The van der Waals surface area contributed by atoms with Gasteiger partial charge in [0.25, 0.3) is 11.8 Å². The second-order valence-corrected chi connectivity index (χ2v) is 8.70. The number of amidine groups is 1. The number of thioether (sulfide) groups is 1. The van der Waals surface area contributed by atoms with Gasteiger partial charge in [0.1, 0.15) is 5.75 Å². The molecule has 3 aromatic carbocycles. The number of hydrogen-bond donors (Lipinski definition) is 2. The van der Waals surface area contributed by atoms with Crippen molar-refractivity contribution in [1.29, 1.82) is 0 Å². The van der Waals surface area contributed by atoms with E-state index in [1.165, 1.54) is 11.8 Å². The highest BCUT2D eigenvalue weighted by Gasteiger charge is 2.23. The fourth-order valence-corrected chi connectivity index (χ4v) is 3.91. The Labute approximate surface area is 200 Å². The lowest BCUT2D eigenvalue weighted by Gasteiger charge is -2.08. The lowest BCUT2D eigenvalue weighted by Crippen LogP contribution is -2.20. The number of aryl methyl sites for hydroxylation is 1. The zero-order valence-corrected chi connectivity index (χ0v) is 19.2. The third-order valence-electron chi connectivity index (χ3n) is 4.57. The van der Waals surface area contributed by atoms with Crippen molar-refractivity contribution < 1.29 is 14.3 Å². The first kappa shape index (κ1) is 22.6. The number of ether oxygens (including phenoxy) is 1. The van der Waals surface area contributed by atoms with Crippen LogP contribution in [0.2, 0.25) is 5.02 Å². The summed E-state index contributed by atoms with van der Waals surface area (Å²) in [5.41, 5.74) is 3.31. The fourth-order valence-electron chi connectivity index (χ4n) is 2.94. The molecular weight excluding hydrogens is 458 g/mol.